The van der Waals surface area contributed by atoms with Gasteiger partial charge in [-0.3, -0.25) is 4.90 Å². The highest BCUT2D eigenvalue weighted by molar-refractivity contribution is 5.35. The lowest BCUT2D eigenvalue weighted by Crippen LogP contribution is -2.58. The van der Waals surface area contributed by atoms with Gasteiger partial charge in [0.15, 0.2) is 0 Å². The van der Waals surface area contributed by atoms with Crippen LogP contribution in [0.2, 0.25) is 0 Å². The molecule has 2 fully saturated rings. The van der Waals surface area contributed by atoms with E-state index < -0.39 is 0 Å². The smallest absolute Gasteiger partial charge is 0.119 e. The number of nitrogens with one attached hydrogen (secondary N) is 1. The molecule has 3 nitrogen and oxygen atoms in total. The number of rotatable bonds is 4. The Morgan fingerprint density at radius 3 is 2.60 bits per heavy atom. The number of piperazine rings is 1. The second kappa shape index (κ2) is 6.15. The summed E-state index contributed by atoms with van der Waals surface area (Å²) in [5, 5.41) is 3.75. The number of benzene rings is 1. The van der Waals surface area contributed by atoms with Gasteiger partial charge in [0.2, 0.25) is 0 Å². The molecular formula is C17H26N2O. The Bertz CT molecular complexity index is 448. The van der Waals surface area contributed by atoms with Gasteiger partial charge in [0.1, 0.15) is 5.75 Å². The van der Waals surface area contributed by atoms with Gasteiger partial charge in [0.05, 0.1) is 7.11 Å². The van der Waals surface area contributed by atoms with Crippen LogP contribution in [0.15, 0.2) is 18.2 Å². The number of aryl methyl sites for hydroxylation is 1. The molecule has 0 aliphatic carbocycles. The van der Waals surface area contributed by atoms with Crippen molar-refractivity contribution in [3.8, 4) is 5.75 Å². The molecule has 1 aromatic rings. The van der Waals surface area contributed by atoms with Gasteiger partial charge in [-0.05, 0) is 42.5 Å². The zero-order valence-electron chi connectivity index (χ0n) is 12.7. The minimum atomic E-state index is 0.714. The molecule has 0 aromatic heterocycles. The SMILES string of the molecule is CCc1cc(OC)ccc1CN1CC2CCCC(C1)N2. The first kappa shape index (κ1) is 13.9. The molecule has 2 atom stereocenters. The Hall–Kier alpha value is -1.06. The quantitative estimate of drug-likeness (QED) is 0.913. The topological polar surface area (TPSA) is 24.5 Å². The van der Waals surface area contributed by atoms with E-state index in [4.69, 9.17) is 4.74 Å². The molecule has 20 heavy (non-hydrogen) atoms. The maximum atomic E-state index is 5.34. The van der Waals surface area contributed by atoms with Crippen molar-refractivity contribution in [2.24, 2.45) is 0 Å². The minimum Gasteiger partial charge on any atom is -0.497 e. The number of hydrogen-bond acceptors (Lipinski definition) is 3. The second-order valence-corrected chi connectivity index (χ2v) is 6.17. The molecule has 0 amide bonds. The summed E-state index contributed by atoms with van der Waals surface area (Å²) in [4.78, 5) is 2.63. The van der Waals surface area contributed by atoms with Crippen LogP contribution in [0, 0.1) is 0 Å². The Morgan fingerprint density at radius 2 is 1.95 bits per heavy atom. The maximum absolute atomic E-state index is 5.34. The van der Waals surface area contributed by atoms with E-state index in [1.807, 2.05) is 0 Å². The van der Waals surface area contributed by atoms with E-state index in [0.717, 1.165) is 18.7 Å². The summed E-state index contributed by atoms with van der Waals surface area (Å²) in [6.07, 6.45) is 5.16. The zero-order chi connectivity index (χ0) is 13.9. The molecule has 3 rings (SSSR count). The first-order valence-corrected chi connectivity index (χ1v) is 7.92. The summed E-state index contributed by atoms with van der Waals surface area (Å²) in [5.74, 6) is 0.975. The number of fused-ring (bicyclic) bond motifs is 2. The van der Waals surface area contributed by atoms with E-state index in [-0.39, 0.29) is 0 Å². The summed E-state index contributed by atoms with van der Waals surface area (Å²) in [6, 6.07) is 7.96. The van der Waals surface area contributed by atoms with Crippen molar-refractivity contribution in [2.45, 2.75) is 51.2 Å². The Kier molecular flexibility index (Phi) is 4.27. The third-order valence-corrected chi connectivity index (χ3v) is 4.72. The van der Waals surface area contributed by atoms with Crippen LogP contribution >= 0.6 is 0 Å². The maximum Gasteiger partial charge on any atom is 0.119 e. The van der Waals surface area contributed by atoms with Crippen molar-refractivity contribution < 1.29 is 4.74 Å². The number of nitrogens with zero attached hydrogens (tertiary/aromatic N) is 1. The van der Waals surface area contributed by atoms with Gasteiger partial charge in [-0.25, -0.2) is 0 Å². The molecular weight excluding hydrogens is 248 g/mol. The van der Waals surface area contributed by atoms with Crippen molar-refractivity contribution in [3.05, 3.63) is 29.3 Å². The first-order chi connectivity index (χ1) is 9.78. The summed E-state index contributed by atoms with van der Waals surface area (Å²) in [5.41, 5.74) is 2.89. The number of likely N-dealkylation sites (tertiary alicyclic amines) is 1. The molecule has 2 bridgehead atoms. The Labute approximate surface area is 122 Å². The van der Waals surface area contributed by atoms with Crippen LogP contribution < -0.4 is 10.1 Å². The van der Waals surface area contributed by atoms with Crippen molar-refractivity contribution in [1.82, 2.24) is 10.2 Å². The highest BCUT2D eigenvalue weighted by atomic mass is 16.5. The molecule has 1 N–H and O–H groups in total. The highest BCUT2D eigenvalue weighted by Crippen LogP contribution is 2.24. The zero-order valence-corrected chi connectivity index (χ0v) is 12.7. The fraction of sp³-hybridized carbons (Fsp3) is 0.647. The summed E-state index contributed by atoms with van der Waals surface area (Å²) in [7, 11) is 1.74. The van der Waals surface area contributed by atoms with Crippen LogP contribution in [-0.4, -0.2) is 37.2 Å². The number of hydrogen-bond donors (Lipinski definition) is 1. The Balaban J connectivity index is 1.71. The third kappa shape index (κ3) is 2.99. The number of methoxy groups -OCH3 is 1. The molecule has 2 saturated heterocycles. The molecule has 0 spiro atoms. The van der Waals surface area contributed by atoms with Gasteiger partial charge >= 0.3 is 0 Å². The van der Waals surface area contributed by atoms with Crippen LogP contribution in [0.3, 0.4) is 0 Å². The van der Waals surface area contributed by atoms with Crippen LogP contribution in [0.5, 0.6) is 5.75 Å². The second-order valence-electron chi connectivity index (χ2n) is 6.17. The summed E-state index contributed by atoms with van der Waals surface area (Å²) >= 11 is 0. The molecule has 2 aliphatic heterocycles. The molecule has 0 saturated carbocycles. The molecule has 1 aromatic carbocycles. The van der Waals surface area contributed by atoms with E-state index in [1.165, 1.54) is 43.5 Å². The van der Waals surface area contributed by atoms with Gasteiger partial charge in [-0.2, -0.15) is 0 Å². The highest BCUT2D eigenvalue weighted by Gasteiger charge is 2.29. The average Bonchev–Trinajstić information content (AvgIpc) is 2.47. The van der Waals surface area contributed by atoms with Gasteiger partial charge < -0.3 is 10.1 Å². The van der Waals surface area contributed by atoms with Gasteiger partial charge in [-0.15, -0.1) is 0 Å². The average molecular weight is 274 g/mol. The molecule has 2 heterocycles. The van der Waals surface area contributed by atoms with Crippen LogP contribution in [0.25, 0.3) is 0 Å². The Morgan fingerprint density at radius 1 is 1.20 bits per heavy atom. The van der Waals surface area contributed by atoms with Gasteiger partial charge in [0.25, 0.3) is 0 Å². The molecule has 2 unspecified atom stereocenters. The van der Waals surface area contributed by atoms with Crippen molar-refractivity contribution in [2.75, 3.05) is 20.2 Å². The molecule has 3 heteroatoms. The van der Waals surface area contributed by atoms with Crippen LogP contribution in [0.1, 0.15) is 37.3 Å². The third-order valence-electron chi connectivity index (χ3n) is 4.72. The van der Waals surface area contributed by atoms with Crippen molar-refractivity contribution in [1.29, 1.82) is 0 Å². The molecule has 110 valence electrons. The van der Waals surface area contributed by atoms with E-state index in [1.54, 1.807) is 7.11 Å². The van der Waals surface area contributed by atoms with Crippen LogP contribution in [-0.2, 0) is 13.0 Å². The van der Waals surface area contributed by atoms with Gasteiger partial charge in [0, 0.05) is 31.7 Å². The van der Waals surface area contributed by atoms with Gasteiger partial charge in [-0.1, -0.05) is 19.4 Å². The predicted octanol–water partition coefficient (Wildman–Crippen LogP) is 2.58. The number of piperidine rings is 1. The molecule has 2 aliphatic rings. The lowest BCUT2D eigenvalue weighted by molar-refractivity contribution is 0.119. The van der Waals surface area contributed by atoms with Crippen LogP contribution in [0.4, 0.5) is 0 Å². The predicted molar refractivity (Wildman–Crippen MR) is 82.2 cm³/mol. The standard InChI is InChI=1S/C17H26N2O/c1-3-13-9-17(20-2)8-7-14(13)10-19-11-15-5-4-6-16(12-19)18-15/h7-9,15-16,18H,3-6,10-12H2,1-2H3. The lowest BCUT2D eigenvalue weighted by atomic mass is 9.93. The summed E-state index contributed by atoms with van der Waals surface area (Å²) in [6.45, 7) is 5.71. The minimum absolute atomic E-state index is 0.714. The van der Waals surface area contributed by atoms with Crippen molar-refractivity contribution in [3.63, 3.8) is 0 Å². The fourth-order valence-corrected chi connectivity index (χ4v) is 3.68. The van der Waals surface area contributed by atoms with E-state index in [9.17, 15) is 0 Å². The summed E-state index contributed by atoms with van der Waals surface area (Å²) < 4.78 is 5.34. The number of ether oxygens (including phenoxy) is 1. The first-order valence-electron chi connectivity index (χ1n) is 7.92. The monoisotopic (exact) mass is 274 g/mol. The van der Waals surface area contributed by atoms with Crippen molar-refractivity contribution >= 4 is 0 Å². The van der Waals surface area contributed by atoms with E-state index in [0.29, 0.717) is 12.1 Å². The van der Waals surface area contributed by atoms with E-state index >= 15 is 0 Å². The van der Waals surface area contributed by atoms with E-state index in [2.05, 4.69) is 35.3 Å². The lowest BCUT2D eigenvalue weighted by Gasteiger charge is -2.42. The molecule has 0 radical (unpaired) electrons. The largest absolute Gasteiger partial charge is 0.497 e. The fourth-order valence-electron chi connectivity index (χ4n) is 3.68. The normalized spacial score (nSPS) is 26.5.